The van der Waals surface area contributed by atoms with E-state index in [-0.39, 0.29) is 41.7 Å². The predicted octanol–water partition coefficient (Wildman–Crippen LogP) is 1.90. The number of sulfonamides is 1. The number of carbonyl (C=O) groups is 3. The maximum absolute atomic E-state index is 13.3. The molecule has 34 heavy (non-hydrogen) atoms. The lowest BCUT2D eigenvalue weighted by atomic mass is 9.86. The van der Waals surface area contributed by atoms with Crippen LogP contribution in [0.4, 0.5) is 5.69 Å². The first-order chi connectivity index (χ1) is 16.1. The Morgan fingerprint density at radius 3 is 2.50 bits per heavy atom. The number of benzene rings is 1. The van der Waals surface area contributed by atoms with E-state index in [0.29, 0.717) is 50.3 Å². The molecule has 1 unspecified atom stereocenters. The first-order valence-corrected chi connectivity index (χ1v) is 13.4. The van der Waals surface area contributed by atoms with E-state index in [0.717, 1.165) is 12.8 Å². The van der Waals surface area contributed by atoms with E-state index in [2.05, 4.69) is 0 Å². The number of fused-ring (bicyclic) bond motifs is 1. The zero-order valence-electron chi connectivity index (χ0n) is 20.1. The van der Waals surface area contributed by atoms with Crippen molar-refractivity contribution in [1.29, 1.82) is 0 Å². The maximum atomic E-state index is 13.3. The van der Waals surface area contributed by atoms with Gasteiger partial charge in [-0.1, -0.05) is 0 Å². The molecule has 0 bridgehead atoms. The highest BCUT2D eigenvalue weighted by Gasteiger charge is 2.46. The van der Waals surface area contributed by atoms with Crippen molar-refractivity contribution in [1.82, 2.24) is 9.21 Å². The molecule has 2 amide bonds. The van der Waals surface area contributed by atoms with Crippen LogP contribution in [0.3, 0.4) is 0 Å². The average molecular weight is 492 g/mol. The number of nitrogens with zero attached hydrogens (tertiary/aromatic N) is 3. The molecule has 3 aliphatic rings. The Balaban J connectivity index is 1.55. The lowest BCUT2D eigenvalue weighted by Gasteiger charge is -2.33. The van der Waals surface area contributed by atoms with Gasteiger partial charge in [-0.25, -0.2) is 8.42 Å². The van der Waals surface area contributed by atoms with E-state index < -0.39 is 15.4 Å². The minimum atomic E-state index is -3.62. The molecule has 4 rings (SSSR count). The molecule has 2 fully saturated rings. The second-order valence-electron chi connectivity index (χ2n) is 9.74. The van der Waals surface area contributed by atoms with Crippen LogP contribution in [0.2, 0.25) is 0 Å². The van der Waals surface area contributed by atoms with Crippen LogP contribution in [0.15, 0.2) is 23.1 Å². The SMILES string of the molecule is CCOC(=O)C1CCCN(C(=O)CN2C(=O)C(C)(C)c3cc(S(=O)(=O)N4CCCC4)ccc32)C1. The van der Waals surface area contributed by atoms with E-state index in [9.17, 15) is 22.8 Å². The lowest BCUT2D eigenvalue weighted by Crippen LogP contribution is -2.48. The number of amides is 2. The topological polar surface area (TPSA) is 104 Å². The average Bonchev–Trinajstić information content (AvgIpc) is 3.43. The Hall–Kier alpha value is -2.46. The molecule has 186 valence electrons. The molecule has 3 aliphatic heterocycles. The molecular weight excluding hydrogens is 458 g/mol. The van der Waals surface area contributed by atoms with E-state index >= 15 is 0 Å². The Kier molecular flexibility index (Phi) is 6.74. The number of hydrogen-bond donors (Lipinski definition) is 0. The van der Waals surface area contributed by atoms with Gasteiger partial charge in [-0.15, -0.1) is 0 Å². The van der Waals surface area contributed by atoms with E-state index in [1.807, 2.05) is 0 Å². The summed E-state index contributed by atoms with van der Waals surface area (Å²) in [6, 6.07) is 4.75. The standard InChI is InChI=1S/C24H33N3O6S/c1-4-33-22(29)17-8-7-11-25(15-17)21(28)16-27-20-10-9-18(14-19(20)24(2,3)23(27)30)34(31,32)26-12-5-6-13-26/h9-10,14,17H,4-8,11-13,15-16H2,1-3H3. The minimum absolute atomic E-state index is 0.150. The van der Waals surface area contributed by atoms with Gasteiger partial charge in [0.15, 0.2) is 0 Å². The molecule has 10 heteroatoms. The molecule has 0 spiro atoms. The van der Waals surface area contributed by atoms with Crippen LogP contribution in [0.1, 0.15) is 52.0 Å². The molecule has 9 nitrogen and oxygen atoms in total. The zero-order valence-corrected chi connectivity index (χ0v) is 20.9. The Labute approximate surface area is 201 Å². The summed E-state index contributed by atoms with van der Waals surface area (Å²) in [5, 5.41) is 0. The zero-order chi connectivity index (χ0) is 24.7. The summed E-state index contributed by atoms with van der Waals surface area (Å²) in [4.78, 5) is 41.8. The fourth-order valence-corrected chi connectivity index (χ4v) is 6.64. The van der Waals surface area contributed by atoms with Crippen LogP contribution in [-0.4, -0.2) is 74.7 Å². The number of anilines is 1. The molecule has 0 aliphatic carbocycles. The largest absolute Gasteiger partial charge is 0.466 e. The van der Waals surface area contributed by atoms with Gasteiger partial charge in [-0.2, -0.15) is 4.31 Å². The summed E-state index contributed by atoms with van der Waals surface area (Å²) in [6.07, 6.45) is 3.06. The highest BCUT2D eigenvalue weighted by atomic mass is 32.2. The van der Waals surface area contributed by atoms with E-state index in [1.165, 1.54) is 15.3 Å². The molecule has 2 saturated heterocycles. The number of esters is 1. The number of rotatable bonds is 6. The van der Waals surface area contributed by atoms with Crippen molar-refractivity contribution in [3.8, 4) is 0 Å². The normalized spacial score (nSPS) is 22.7. The van der Waals surface area contributed by atoms with Gasteiger partial charge in [0, 0.05) is 31.9 Å². The van der Waals surface area contributed by atoms with Crippen molar-refractivity contribution in [2.75, 3.05) is 44.2 Å². The third-order valence-electron chi connectivity index (χ3n) is 7.10. The van der Waals surface area contributed by atoms with Crippen LogP contribution in [0, 0.1) is 5.92 Å². The fourth-order valence-electron chi connectivity index (χ4n) is 5.10. The summed E-state index contributed by atoms with van der Waals surface area (Å²) in [5.41, 5.74) is 0.206. The van der Waals surface area contributed by atoms with Crippen molar-refractivity contribution in [2.24, 2.45) is 5.92 Å². The smallest absolute Gasteiger partial charge is 0.310 e. The van der Waals surface area contributed by atoms with Gasteiger partial charge in [-0.3, -0.25) is 14.4 Å². The molecular formula is C24H33N3O6S. The predicted molar refractivity (Wildman–Crippen MR) is 126 cm³/mol. The Morgan fingerprint density at radius 1 is 1.12 bits per heavy atom. The van der Waals surface area contributed by atoms with Crippen LogP contribution < -0.4 is 4.90 Å². The molecule has 0 N–H and O–H groups in total. The number of ether oxygens (including phenoxy) is 1. The van der Waals surface area contributed by atoms with Crippen LogP contribution in [0.25, 0.3) is 0 Å². The second kappa shape index (κ2) is 9.30. The van der Waals surface area contributed by atoms with Crippen LogP contribution in [0.5, 0.6) is 0 Å². The monoisotopic (exact) mass is 491 g/mol. The first-order valence-electron chi connectivity index (χ1n) is 12.0. The molecule has 0 radical (unpaired) electrons. The van der Waals surface area contributed by atoms with Crippen molar-refractivity contribution >= 4 is 33.5 Å². The number of hydrogen-bond acceptors (Lipinski definition) is 6. The van der Waals surface area contributed by atoms with Gasteiger partial charge in [-0.05, 0) is 70.2 Å². The van der Waals surface area contributed by atoms with Crippen LogP contribution in [-0.2, 0) is 34.6 Å². The highest BCUT2D eigenvalue weighted by Crippen LogP contribution is 2.43. The molecule has 0 aromatic heterocycles. The van der Waals surface area contributed by atoms with Gasteiger partial charge < -0.3 is 14.5 Å². The van der Waals surface area contributed by atoms with Gasteiger partial charge in [0.1, 0.15) is 6.54 Å². The Bertz CT molecular complexity index is 1090. The van der Waals surface area contributed by atoms with Crippen molar-refractivity contribution in [2.45, 2.75) is 56.8 Å². The summed E-state index contributed by atoms with van der Waals surface area (Å²) in [7, 11) is -3.62. The Morgan fingerprint density at radius 2 is 1.82 bits per heavy atom. The van der Waals surface area contributed by atoms with Crippen molar-refractivity contribution in [3.05, 3.63) is 23.8 Å². The summed E-state index contributed by atoms with van der Waals surface area (Å²) in [6.45, 7) is 7.23. The molecule has 1 aromatic carbocycles. The first kappa shape index (κ1) is 24.7. The van der Waals surface area contributed by atoms with E-state index in [1.54, 1.807) is 37.8 Å². The molecule has 3 heterocycles. The van der Waals surface area contributed by atoms with Gasteiger partial charge in [0.2, 0.25) is 21.8 Å². The lowest BCUT2D eigenvalue weighted by molar-refractivity contribution is -0.151. The van der Waals surface area contributed by atoms with Gasteiger partial charge in [0.05, 0.1) is 22.8 Å². The van der Waals surface area contributed by atoms with Crippen LogP contribution >= 0.6 is 0 Å². The van der Waals surface area contributed by atoms with Gasteiger partial charge >= 0.3 is 5.97 Å². The molecule has 1 atom stereocenters. The number of carbonyl (C=O) groups excluding carboxylic acids is 3. The number of piperidine rings is 1. The summed E-state index contributed by atoms with van der Waals surface area (Å²) < 4.78 is 32.7. The summed E-state index contributed by atoms with van der Waals surface area (Å²) in [5.74, 6) is -1.13. The van der Waals surface area contributed by atoms with Crippen molar-refractivity contribution < 1.29 is 27.5 Å². The third kappa shape index (κ3) is 4.33. The second-order valence-corrected chi connectivity index (χ2v) is 11.7. The minimum Gasteiger partial charge on any atom is -0.466 e. The highest BCUT2D eigenvalue weighted by molar-refractivity contribution is 7.89. The number of likely N-dealkylation sites (tertiary alicyclic amines) is 1. The van der Waals surface area contributed by atoms with Gasteiger partial charge in [0.25, 0.3) is 0 Å². The quantitative estimate of drug-likeness (QED) is 0.563. The molecule has 0 saturated carbocycles. The van der Waals surface area contributed by atoms with Crippen molar-refractivity contribution in [3.63, 3.8) is 0 Å². The fraction of sp³-hybridized carbons (Fsp3) is 0.625. The third-order valence-corrected chi connectivity index (χ3v) is 9.00. The van der Waals surface area contributed by atoms with E-state index in [4.69, 9.17) is 4.74 Å². The maximum Gasteiger partial charge on any atom is 0.310 e. The molecule has 1 aromatic rings. The summed E-state index contributed by atoms with van der Waals surface area (Å²) >= 11 is 0.